The van der Waals surface area contributed by atoms with E-state index in [4.69, 9.17) is 0 Å². The van der Waals surface area contributed by atoms with E-state index in [1.807, 2.05) is 6.07 Å². The first kappa shape index (κ1) is 21.3. The van der Waals surface area contributed by atoms with Gasteiger partial charge >= 0.3 is 0 Å². The van der Waals surface area contributed by atoms with E-state index < -0.39 is 0 Å². The first-order valence-electron chi connectivity index (χ1n) is 10.5. The molecule has 0 bridgehead atoms. The van der Waals surface area contributed by atoms with Gasteiger partial charge in [0, 0.05) is 51.9 Å². The van der Waals surface area contributed by atoms with Crippen LogP contribution in [0, 0.1) is 5.82 Å². The number of piperazine rings is 1. The van der Waals surface area contributed by atoms with E-state index in [-0.39, 0.29) is 11.7 Å². The summed E-state index contributed by atoms with van der Waals surface area (Å²) in [7, 11) is 0. The highest BCUT2D eigenvalue weighted by atomic mass is 19.1. The van der Waals surface area contributed by atoms with Crippen LogP contribution in [-0.4, -0.2) is 43.5 Å². The molecule has 1 heterocycles. The monoisotopic (exact) mass is 397 g/mol. The van der Waals surface area contributed by atoms with Crippen LogP contribution in [0.3, 0.4) is 0 Å². The second-order valence-electron chi connectivity index (χ2n) is 8.17. The summed E-state index contributed by atoms with van der Waals surface area (Å²) in [6.45, 7) is 11.3. The molecule has 1 fully saturated rings. The van der Waals surface area contributed by atoms with Gasteiger partial charge in [0.15, 0.2) is 0 Å². The number of nitrogens with one attached hydrogen (secondary N) is 1. The van der Waals surface area contributed by atoms with E-state index in [1.54, 1.807) is 19.1 Å². The van der Waals surface area contributed by atoms with Crippen molar-refractivity contribution in [3.8, 4) is 0 Å². The lowest BCUT2D eigenvalue weighted by Crippen LogP contribution is -2.46. The van der Waals surface area contributed by atoms with Crippen molar-refractivity contribution in [2.75, 3.05) is 37.6 Å². The number of hydrogen-bond donors (Lipinski definition) is 1. The number of carbonyl (C=O) groups excluding carboxylic acids is 1. The van der Waals surface area contributed by atoms with E-state index in [2.05, 4.69) is 53.2 Å². The lowest BCUT2D eigenvalue weighted by atomic mass is 9.99. The molecular weight excluding hydrogens is 365 g/mol. The van der Waals surface area contributed by atoms with Gasteiger partial charge in [-0.1, -0.05) is 38.1 Å². The normalized spacial score (nSPS) is 15.0. The average Bonchev–Trinajstić information content (AvgIpc) is 2.70. The van der Waals surface area contributed by atoms with E-state index in [0.29, 0.717) is 12.5 Å². The Morgan fingerprint density at radius 3 is 2.31 bits per heavy atom. The Bertz CT molecular complexity index is 811. The second kappa shape index (κ2) is 9.88. The van der Waals surface area contributed by atoms with Crippen LogP contribution in [-0.2, 0) is 17.8 Å². The minimum Gasteiger partial charge on any atom is -0.369 e. The Hall–Kier alpha value is -2.40. The number of halogens is 1. The Balaban J connectivity index is 1.52. The summed E-state index contributed by atoms with van der Waals surface area (Å²) in [5.74, 6) is 0.168. The zero-order valence-corrected chi connectivity index (χ0v) is 17.7. The predicted molar refractivity (Wildman–Crippen MR) is 117 cm³/mol. The Morgan fingerprint density at radius 1 is 1.03 bits per heavy atom. The number of rotatable bonds is 7. The van der Waals surface area contributed by atoms with Gasteiger partial charge in [-0.15, -0.1) is 0 Å². The minimum absolute atomic E-state index is 0.0157. The molecule has 2 aromatic rings. The Kier molecular flexibility index (Phi) is 7.26. The van der Waals surface area contributed by atoms with Gasteiger partial charge in [0.25, 0.3) is 0 Å². The van der Waals surface area contributed by atoms with Gasteiger partial charge in [-0.25, -0.2) is 4.39 Å². The molecular formula is C24H32FN3O. The van der Waals surface area contributed by atoms with E-state index >= 15 is 0 Å². The third-order valence-electron chi connectivity index (χ3n) is 5.54. The molecule has 0 atom stereocenters. The standard InChI is InChI=1S/C24H32FN3O/c1-18(2)23-16-22(25)8-9-24(23)28-14-12-27(13-15-28)17-21-6-4-20(5-7-21)10-11-26-19(3)29/h4-9,16,18H,10-15,17H2,1-3H3,(H,26,29). The largest absolute Gasteiger partial charge is 0.369 e. The highest BCUT2D eigenvalue weighted by Gasteiger charge is 2.20. The summed E-state index contributed by atoms with van der Waals surface area (Å²) >= 11 is 0. The first-order chi connectivity index (χ1) is 13.9. The Morgan fingerprint density at radius 2 is 1.69 bits per heavy atom. The molecule has 0 radical (unpaired) electrons. The zero-order chi connectivity index (χ0) is 20.8. The van der Waals surface area contributed by atoms with Crippen LogP contribution in [0.1, 0.15) is 43.4 Å². The number of carbonyl (C=O) groups is 1. The van der Waals surface area contributed by atoms with Crippen molar-refractivity contribution in [1.29, 1.82) is 0 Å². The van der Waals surface area contributed by atoms with Gasteiger partial charge in [-0.3, -0.25) is 9.69 Å². The van der Waals surface area contributed by atoms with Crippen molar-refractivity contribution in [3.63, 3.8) is 0 Å². The van der Waals surface area contributed by atoms with Crippen LogP contribution in [0.25, 0.3) is 0 Å². The summed E-state index contributed by atoms with van der Waals surface area (Å²) in [5, 5.41) is 2.83. The Labute approximate surface area is 173 Å². The molecule has 0 saturated carbocycles. The topological polar surface area (TPSA) is 35.6 Å². The van der Waals surface area contributed by atoms with Crippen LogP contribution >= 0.6 is 0 Å². The fourth-order valence-electron chi connectivity index (χ4n) is 3.88. The fourth-order valence-corrected chi connectivity index (χ4v) is 3.88. The summed E-state index contributed by atoms with van der Waals surface area (Å²) in [5.41, 5.74) is 4.81. The smallest absolute Gasteiger partial charge is 0.216 e. The quantitative estimate of drug-likeness (QED) is 0.768. The molecule has 156 valence electrons. The average molecular weight is 398 g/mol. The van der Waals surface area contributed by atoms with Crippen molar-refractivity contribution < 1.29 is 9.18 Å². The molecule has 2 aromatic carbocycles. The molecule has 0 aromatic heterocycles. The maximum absolute atomic E-state index is 13.7. The van der Waals surface area contributed by atoms with Gasteiger partial charge in [0.2, 0.25) is 5.91 Å². The third-order valence-corrected chi connectivity index (χ3v) is 5.54. The molecule has 1 aliphatic rings. The number of hydrogen-bond acceptors (Lipinski definition) is 3. The molecule has 29 heavy (non-hydrogen) atoms. The SMILES string of the molecule is CC(=O)NCCc1ccc(CN2CCN(c3ccc(F)cc3C(C)C)CC2)cc1. The highest BCUT2D eigenvalue weighted by Crippen LogP contribution is 2.29. The molecule has 5 heteroatoms. The van der Waals surface area contributed by atoms with Crippen LogP contribution in [0.4, 0.5) is 10.1 Å². The van der Waals surface area contributed by atoms with Crippen molar-refractivity contribution in [1.82, 2.24) is 10.2 Å². The van der Waals surface area contributed by atoms with Gasteiger partial charge < -0.3 is 10.2 Å². The van der Waals surface area contributed by atoms with Crippen molar-refractivity contribution in [2.45, 2.75) is 39.7 Å². The van der Waals surface area contributed by atoms with E-state index in [1.165, 1.54) is 16.8 Å². The highest BCUT2D eigenvalue weighted by molar-refractivity contribution is 5.72. The molecule has 0 spiro atoms. The summed E-state index contributed by atoms with van der Waals surface area (Å²) < 4.78 is 13.7. The third kappa shape index (κ3) is 6.04. The van der Waals surface area contributed by atoms with Gasteiger partial charge in [-0.05, 0) is 47.2 Å². The molecule has 1 N–H and O–H groups in total. The van der Waals surface area contributed by atoms with Crippen molar-refractivity contribution >= 4 is 11.6 Å². The van der Waals surface area contributed by atoms with Crippen LogP contribution in [0.2, 0.25) is 0 Å². The van der Waals surface area contributed by atoms with Crippen LogP contribution in [0.5, 0.6) is 0 Å². The van der Waals surface area contributed by atoms with Crippen LogP contribution in [0.15, 0.2) is 42.5 Å². The molecule has 1 amide bonds. The van der Waals surface area contributed by atoms with E-state index in [9.17, 15) is 9.18 Å². The first-order valence-corrected chi connectivity index (χ1v) is 10.5. The second-order valence-corrected chi connectivity index (χ2v) is 8.17. The van der Waals surface area contributed by atoms with Gasteiger partial charge in [0.05, 0.1) is 0 Å². The number of anilines is 1. The summed E-state index contributed by atoms with van der Waals surface area (Å²) in [6.07, 6.45) is 0.856. The van der Waals surface area contributed by atoms with Gasteiger partial charge in [-0.2, -0.15) is 0 Å². The van der Waals surface area contributed by atoms with Crippen LogP contribution < -0.4 is 10.2 Å². The fraction of sp³-hybridized carbons (Fsp3) is 0.458. The summed E-state index contributed by atoms with van der Waals surface area (Å²) in [6, 6.07) is 13.9. The van der Waals surface area contributed by atoms with Crippen molar-refractivity contribution in [2.24, 2.45) is 0 Å². The lowest BCUT2D eigenvalue weighted by Gasteiger charge is -2.37. The maximum Gasteiger partial charge on any atom is 0.216 e. The number of amides is 1. The molecule has 4 nitrogen and oxygen atoms in total. The summed E-state index contributed by atoms with van der Waals surface area (Å²) in [4.78, 5) is 15.8. The zero-order valence-electron chi connectivity index (χ0n) is 17.7. The predicted octanol–water partition coefficient (Wildman–Crippen LogP) is 3.95. The minimum atomic E-state index is -0.156. The molecule has 0 aliphatic carbocycles. The number of nitrogens with zero attached hydrogens (tertiary/aromatic N) is 2. The molecule has 1 saturated heterocycles. The number of benzene rings is 2. The van der Waals surface area contributed by atoms with E-state index in [0.717, 1.165) is 44.7 Å². The molecule has 3 rings (SSSR count). The lowest BCUT2D eigenvalue weighted by molar-refractivity contribution is -0.118. The van der Waals surface area contributed by atoms with Crippen molar-refractivity contribution in [3.05, 3.63) is 65.0 Å². The maximum atomic E-state index is 13.7. The van der Waals surface area contributed by atoms with Gasteiger partial charge in [0.1, 0.15) is 5.82 Å². The molecule has 1 aliphatic heterocycles. The molecule has 0 unspecified atom stereocenters.